The number of nitrogens with zero attached hydrogens (tertiary/aromatic N) is 3. The molecular weight excluding hydrogens is 368 g/mol. The molecule has 3 rings (SSSR count). The fourth-order valence-corrected chi connectivity index (χ4v) is 3.28. The maximum atomic E-state index is 12.5. The molecule has 0 bridgehead atoms. The Morgan fingerprint density at radius 3 is 2.67 bits per heavy atom. The van der Waals surface area contributed by atoms with Crippen molar-refractivity contribution >= 4 is 21.8 Å². The zero-order valence-electron chi connectivity index (χ0n) is 13.3. The molecule has 0 saturated carbocycles. The number of rotatable bonds is 3. The summed E-state index contributed by atoms with van der Waals surface area (Å²) in [5.74, 6) is 0.0564. The summed E-state index contributed by atoms with van der Waals surface area (Å²) in [5.41, 5.74) is 2.51. The van der Waals surface area contributed by atoms with Crippen LogP contribution in [-0.4, -0.2) is 46.9 Å². The van der Waals surface area contributed by atoms with Crippen LogP contribution in [0.25, 0.3) is 0 Å². The van der Waals surface area contributed by atoms with Gasteiger partial charge >= 0.3 is 0 Å². The van der Waals surface area contributed by atoms with Crippen LogP contribution in [0, 0.1) is 11.3 Å². The molecule has 5 nitrogen and oxygen atoms in total. The van der Waals surface area contributed by atoms with Crippen molar-refractivity contribution in [2.75, 3.05) is 26.2 Å². The number of benzene rings is 1. The summed E-state index contributed by atoms with van der Waals surface area (Å²) in [5, 5.41) is 8.86. The van der Waals surface area contributed by atoms with E-state index >= 15 is 0 Å². The molecule has 0 atom stereocenters. The molecule has 1 aliphatic heterocycles. The van der Waals surface area contributed by atoms with Gasteiger partial charge in [0.05, 0.1) is 11.6 Å². The molecule has 1 aliphatic rings. The van der Waals surface area contributed by atoms with Crippen molar-refractivity contribution in [3.8, 4) is 6.07 Å². The van der Waals surface area contributed by atoms with Gasteiger partial charge in [-0.25, -0.2) is 0 Å². The molecule has 0 radical (unpaired) electrons. The Hall–Kier alpha value is -2.10. The third-order valence-electron chi connectivity index (χ3n) is 4.24. The number of halogens is 1. The quantitative estimate of drug-likeness (QED) is 0.881. The minimum Gasteiger partial charge on any atom is -0.356 e. The molecule has 124 valence electrons. The van der Waals surface area contributed by atoms with Crippen molar-refractivity contribution in [1.82, 2.24) is 14.8 Å². The van der Waals surface area contributed by atoms with Gasteiger partial charge in [-0.3, -0.25) is 9.69 Å². The highest BCUT2D eigenvalue weighted by atomic mass is 79.9. The van der Waals surface area contributed by atoms with Crippen LogP contribution in [-0.2, 0) is 6.54 Å². The Balaban J connectivity index is 1.58. The Bertz CT molecular complexity index is 747. The smallest absolute Gasteiger partial charge is 0.270 e. The second-order valence-corrected chi connectivity index (χ2v) is 6.88. The predicted octanol–water partition coefficient (Wildman–Crippen LogP) is 3.00. The minimum absolute atomic E-state index is 0.0564. The number of carbonyl (C=O) groups excluding carboxylic acids is 1. The number of H-pyrrole nitrogens is 1. The first kappa shape index (κ1) is 16.7. The van der Waals surface area contributed by atoms with Gasteiger partial charge in [0.2, 0.25) is 0 Å². The van der Waals surface area contributed by atoms with Crippen LogP contribution in [0.2, 0.25) is 0 Å². The topological polar surface area (TPSA) is 63.1 Å². The highest BCUT2D eigenvalue weighted by Crippen LogP contribution is 2.15. The Labute approximate surface area is 150 Å². The number of carbonyl (C=O) groups is 1. The van der Waals surface area contributed by atoms with Crippen LogP contribution < -0.4 is 0 Å². The molecule has 0 aliphatic carbocycles. The summed E-state index contributed by atoms with van der Waals surface area (Å²) in [6.45, 7) is 4.18. The first-order valence-electron chi connectivity index (χ1n) is 8.00. The van der Waals surface area contributed by atoms with E-state index in [0.29, 0.717) is 11.3 Å². The lowest BCUT2D eigenvalue weighted by molar-refractivity contribution is 0.0756. The van der Waals surface area contributed by atoms with E-state index in [1.54, 1.807) is 6.20 Å². The maximum absolute atomic E-state index is 12.5. The van der Waals surface area contributed by atoms with Crippen molar-refractivity contribution in [3.63, 3.8) is 0 Å². The Morgan fingerprint density at radius 1 is 1.21 bits per heavy atom. The van der Waals surface area contributed by atoms with Crippen LogP contribution in [0.3, 0.4) is 0 Å². The maximum Gasteiger partial charge on any atom is 0.270 e. The van der Waals surface area contributed by atoms with E-state index in [4.69, 9.17) is 5.26 Å². The van der Waals surface area contributed by atoms with Gasteiger partial charge in [-0.05, 0) is 46.1 Å². The molecule has 1 saturated heterocycles. The molecular formula is C18H19BrN4O. The standard InChI is InChI=1S/C18H19BrN4O/c19-16-10-17(21-12-16)18(24)23-7-1-6-22(8-9-23)13-15-4-2-14(11-20)3-5-15/h2-5,10,12,21H,1,6-9,13H2. The second kappa shape index (κ2) is 7.65. The summed E-state index contributed by atoms with van der Waals surface area (Å²) in [6.07, 6.45) is 2.74. The second-order valence-electron chi connectivity index (χ2n) is 5.96. The van der Waals surface area contributed by atoms with E-state index in [0.717, 1.165) is 43.6 Å². The lowest BCUT2D eigenvalue weighted by atomic mass is 10.1. The number of hydrogen-bond donors (Lipinski definition) is 1. The molecule has 1 fully saturated rings. The number of aromatic amines is 1. The Kier molecular flexibility index (Phi) is 5.34. The van der Waals surface area contributed by atoms with E-state index in [1.807, 2.05) is 35.2 Å². The fourth-order valence-electron chi connectivity index (χ4n) is 2.94. The van der Waals surface area contributed by atoms with Crippen molar-refractivity contribution in [1.29, 1.82) is 5.26 Å². The summed E-state index contributed by atoms with van der Waals surface area (Å²) in [4.78, 5) is 19.8. The summed E-state index contributed by atoms with van der Waals surface area (Å²) in [7, 11) is 0. The van der Waals surface area contributed by atoms with Gasteiger partial charge in [-0.2, -0.15) is 5.26 Å². The average Bonchev–Trinajstić information content (AvgIpc) is 2.90. The third-order valence-corrected chi connectivity index (χ3v) is 4.70. The molecule has 6 heteroatoms. The zero-order valence-corrected chi connectivity index (χ0v) is 14.9. The first-order valence-corrected chi connectivity index (χ1v) is 8.79. The van der Waals surface area contributed by atoms with Crippen molar-refractivity contribution in [2.24, 2.45) is 0 Å². The number of hydrogen-bond acceptors (Lipinski definition) is 3. The Morgan fingerprint density at radius 2 is 2.00 bits per heavy atom. The van der Waals surface area contributed by atoms with E-state index in [1.165, 1.54) is 5.56 Å². The monoisotopic (exact) mass is 386 g/mol. The van der Waals surface area contributed by atoms with Gasteiger partial charge in [0.25, 0.3) is 5.91 Å². The van der Waals surface area contributed by atoms with Gasteiger partial charge in [0.1, 0.15) is 5.69 Å². The fraction of sp³-hybridized carbons (Fsp3) is 0.333. The van der Waals surface area contributed by atoms with Crippen LogP contribution in [0.5, 0.6) is 0 Å². The van der Waals surface area contributed by atoms with E-state index in [2.05, 4.69) is 31.9 Å². The molecule has 1 aromatic carbocycles. The number of amides is 1. The van der Waals surface area contributed by atoms with E-state index < -0.39 is 0 Å². The van der Waals surface area contributed by atoms with Crippen molar-refractivity contribution < 1.29 is 4.79 Å². The first-order chi connectivity index (χ1) is 11.7. The molecule has 2 heterocycles. The normalized spacial score (nSPS) is 15.8. The summed E-state index contributed by atoms with van der Waals surface area (Å²) < 4.78 is 0.892. The molecule has 1 aromatic heterocycles. The molecule has 24 heavy (non-hydrogen) atoms. The van der Waals surface area contributed by atoms with Gasteiger partial charge in [0, 0.05) is 43.4 Å². The molecule has 2 aromatic rings. The van der Waals surface area contributed by atoms with Gasteiger partial charge in [-0.15, -0.1) is 0 Å². The SMILES string of the molecule is N#Cc1ccc(CN2CCCN(C(=O)c3cc(Br)c[nH]3)CC2)cc1. The molecule has 0 spiro atoms. The molecule has 1 N–H and O–H groups in total. The van der Waals surface area contributed by atoms with Crippen LogP contribution in [0.1, 0.15) is 28.0 Å². The average molecular weight is 387 g/mol. The minimum atomic E-state index is 0.0564. The summed E-state index contributed by atoms with van der Waals surface area (Å²) >= 11 is 3.37. The number of nitriles is 1. The number of aromatic nitrogens is 1. The lowest BCUT2D eigenvalue weighted by Gasteiger charge is -2.21. The highest BCUT2D eigenvalue weighted by Gasteiger charge is 2.21. The predicted molar refractivity (Wildman–Crippen MR) is 95.4 cm³/mol. The number of nitrogens with one attached hydrogen (secondary N) is 1. The molecule has 1 amide bonds. The highest BCUT2D eigenvalue weighted by molar-refractivity contribution is 9.10. The van der Waals surface area contributed by atoms with E-state index in [-0.39, 0.29) is 5.91 Å². The summed E-state index contributed by atoms with van der Waals surface area (Å²) in [6, 6.07) is 11.7. The van der Waals surface area contributed by atoms with Crippen molar-refractivity contribution in [2.45, 2.75) is 13.0 Å². The zero-order chi connectivity index (χ0) is 16.9. The van der Waals surface area contributed by atoms with Gasteiger partial charge in [0.15, 0.2) is 0 Å². The lowest BCUT2D eigenvalue weighted by Crippen LogP contribution is -2.35. The van der Waals surface area contributed by atoms with Crippen LogP contribution in [0.4, 0.5) is 0 Å². The van der Waals surface area contributed by atoms with Crippen molar-refractivity contribution in [3.05, 3.63) is 57.8 Å². The van der Waals surface area contributed by atoms with E-state index in [9.17, 15) is 4.79 Å². The van der Waals surface area contributed by atoms with Gasteiger partial charge < -0.3 is 9.88 Å². The van der Waals surface area contributed by atoms with Crippen LogP contribution in [0.15, 0.2) is 41.0 Å². The third kappa shape index (κ3) is 4.05. The molecule has 0 unspecified atom stereocenters. The van der Waals surface area contributed by atoms with Gasteiger partial charge in [-0.1, -0.05) is 12.1 Å². The largest absolute Gasteiger partial charge is 0.356 e. The van der Waals surface area contributed by atoms with Crippen LogP contribution >= 0.6 is 15.9 Å².